The van der Waals surface area contributed by atoms with Crippen molar-refractivity contribution in [3.8, 4) is 11.5 Å². The first-order valence-corrected chi connectivity index (χ1v) is 23.7. The number of hydrogen-bond donors (Lipinski definition) is 3. The van der Waals surface area contributed by atoms with Gasteiger partial charge in [0.25, 0.3) is 11.6 Å². The van der Waals surface area contributed by atoms with E-state index in [9.17, 15) is 19.1 Å². The van der Waals surface area contributed by atoms with Crippen LogP contribution in [0, 0.1) is 21.4 Å². The van der Waals surface area contributed by atoms with Crippen LogP contribution in [0.25, 0.3) is 22.2 Å². The van der Waals surface area contributed by atoms with E-state index in [1.165, 1.54) is 54.5 Å². The standard InChI is InChI=1S/C47H49ClN6O6S.C2H6/c48-37-5-2-33(3-6-37)41-27-47(16-1-17-47)18-10-36(41)30-53-20-12-32(13-21-53)34-4-8-40(44(25-34)60-38-24-35-11-19-49-45(35)51-29-38)46(55)52-61(58)39-7-9-42(43(26-39)54(56)57)50-28-31-14-22-59-23-15-31;1-2/h2-9,11-12,19,24-26,29,31,50H,1,10,13-18,20-23,27-28,30H2,(H,49,51)(H,52,55);1-2H3. The van der Waals surface area contributed by atoms with Crippen molar-refractivity contribution < 1.29 is 23.4 Å². The van der Waals surface area contributed by atoms with Crippen LogP contribution in [-0.2, 0) is 15.7 Å². The van der Waals surface area contributed by atoms with Crippen LogP contribution in [0.5, 0.6) is 11.5 Å². The Kier molecular flexibility index (Phi) is 14.1. The Morgan fingerprint density at radius 2 is 1.83 bits per heavy atom. The number of nitro benzene ring substituents is 1. The van der Waals surface area contributed by atoms with Crippen LogP contribution < -0.4 is 14.8 Å². The summed E-state index contributed by atoms with van der Waals surface area (Å²) in [6.45, 7) is 8.51. The summed E-state index contributed by atoms with van der Waals surface area (Å²) in [6.07, 6.45) is 15.7. The SMILES string of the molecule is CC.O=C(NS(=O)c1ccc(NCC2CCOCC2)c([N+](=O)[O-])c1)c1ccc(C2=CCN(CC3=C(c4ccc(Cl)cc4)CC4(CCC4)CC3)CC2)cc1Oc1cnc2[nH]ccc2c1. The summed E-state index contributed by atoms with van der Waals surface area (Å²) in [4.78, 5) is 35.6. The highest BCUT2D eigenvalue weighted by atomic mass is 35.5. The van der Waals surface area contributed by atoms with Gasteiger partial charge in [-0.15, -0.1) is 0 Å². The maximum Gasteiger partial charge on any atom is 0.293 e. The van der Waals surface area contributed by atoms with E-state index in [2.05, 4.69) is 43.1 Å². The van der Waals surface area contributed by atoms with E-state index in [1.807, 2.05) is 50.2 Å². The number of H-pyrrole nitrogens is 1. The van der Waals surface area contributed by atoms with Crippen molar-refractivity contribution in [1.82, 2.24) is 19.6 Å². The average Bonchev–Trinajstić information content (AvgIpc) is 3.77. The molecule has 1 saturated carbocycles. The van der Waals surface area contributed by atoms with Gasteiger partial charge in [0.05, 0.1) is 21.6 Å². The zero-order valence-electron chi connectivity index (χ0n) is 35.9. The van der Waals surface area contributed by atoms with Crippen LogP contribution in [0.1, 0.15) is 93.1 Å². The Morgan fingerprint density at radius 3 is 2.56 bits per heavy atom. The van der Waals surface area contributed by atoms with Crippen LogP contribution in [-0.4, -0.2) is 69.3 Å². The Balaban J connectivity index is 0.00000268. The molecule has 2 aromatic heterocycles. The Labute approximate surface area is 376 Å². The topological polar surface area (TPSA) is 152 Å². The van der Waals surface area contributed by atoms with Crippen LogP contribution in [0.15, 0.2) is 102 Å². The third kappa shape index (κ3) is 10.4. The first kappa shape index (κ1) is 44.3. The number of anilines is 1. The molecule has 3 aromatic carbocycles. The summed E-state index contributed by atoms with van der Waals surface area (Å²) < 4.78 is 28.0. The van der Waals surface area contributed by atoms with E-state index in [1.54, 1.807) is 24.5 Å². The Hall–Kier alpha value is -5.34. The minimum Gasteiger partial charge on any atom is -0.455 e. The molecule has 0 bridgehead atoms. The van der Waals surface area contributed by atoms with Gasteiger partial charge in [0.2, 0.25) is 0 Å². The highest BCUT2D eigenvalue weighted by molar-refractivity contribution is 7.83. The van der Waals surface area contributed by atoms with Crippen molar-refractivity contribution in [2.45, 2.75) is 76.5 Å². The first-order valence-electron chi connectivity index (χ1n) is 22.2. The number of amides is 1. The van der Waals surface area contributed by atoms with Gasteiger partial charge < -0.3 is 19.8 Å². The average molecular weight is 892 g/mol. The number of nitro groups is 1. The van der Waals surface area contributed by atoms with E-state index in [-0.39, 0.29) is 21.9 Å². The van der Waals surface area contributed by atoms with Crippen molar-refractivity contribution in [3.05, 3.63) is 129 Å². The van der Waals surface area contributed by atoms with Crippen LogP contribution in [0.4, 0.5) is 11.4 Å². The normalized spacial score (nSPS) is 18.2. The largest absolute Gasteiger partial charge is 0.455 e. The summed E-state index contributed by atoms with van der Waals surface area (Å²) in [5, 5.41) is 16.9. The Bertz CT molecular complexity index is 2550. The summed E-state index contributed by atoms with van der Waals surface area (Å²) in [5.74, 6) is 0.399. The number of ether oxygens (including phenoxy) is 2. The highest BCUT2D eigenvalue weighted by Gasteiger charge is 2.41. The molecule has 1 spiro atoms. The minimum absolute atomic E-state index is 0.0987. The van der Waals surface area contributed by atoms with E-state index in [0.717, 1.165) is 73.3 Å². The van der Waals surface area contributed by atoms with Crippen molar-refractivity contribution in [3.63, 3.8) is 0 Å². The van der Waals surface area contributed by atoms with Gasteiger partial charge in [-0.1, -0.05) is 61.7 Å². The quantitative estimate of drug-likeness (QED) is 0.0775. The predicted octanol–water partition coefficient (Wildman–Crippen LogP) is 11.1. The second-order valence-corrected chi connectivity index (χ2v) is 18.5. The lowest BCUT2D eigenvalue weighted by molar-refractivity contribution is -0.384. The first-order chi connectivity index (χ1) is 30.7. The predicted molar refractivity (Wildman–Crippen MR) is 251 cm³/mol. The van der Waals surface area contributed by atoms with Gasteiger partial charge in [0.1, 0.15) is 22.8 Å². The molecular weight excluding hydrogens is 836 g/mol. The van der Waals surface area contributed by atoms with Gasteiger partial charge in [-0.2, -0.15) is 0 Å². The number of benzene rings is 3. The van der Waals surface area contributed by atoms with Gasteiger partial charge in [0.15, 0.2) is 11.0 Å². The number of hydrogen-bond acceptors (Lipinski definition) is 9. The minimum atomic E-state index is -2.11. The smallest absolute Gasteiger partial charge is 0.293 e. The van der Waals surface area contributed by atoms with Crippen LogP contribution in [0.2, 0.25) is 5.02 Å². The molecule has 1 atom stereocenters. The molecule has 3 N–H and O–H groups in total. The fourth-order valence-electron chi connectivity index (χ4n) is 9.20. The monoisotopic (exact) mass is 890 g/mol. The number of aromatic nitrogens is 2. The van der Waals surface area contributed by atoms with Gasteiger partial charge in [-0.3, -0.25) is 24.5 Å². The highest BCUT2D eigenvalue weighted by Crippen LogP contribution is 2.55. The molecule has 14 heteroatoms. The molecule has 63 heavy (non-hydrogen) atoms. The molecule has 5 aromatic rings. The molecule has 2 aliphatic heterocycles. The summed E-state index contributed by atoms with van der Waals surface area (Å²) in [6, 6.07) is 21.8. The fourth-order valence-corrected chi connectivity index (χ4v) is 10.1. The van der Waals surface area contributed by atoms with E-state index < -0.39 is 21.8 Å². The van der Waals surface area contributed by atoms with Gasteiger partial charge >= 0.3 is 0 Å². The number of rotatable bonds is 13. The lowest BCUT2D eigenvalue weighted by Crippen LogP contribution is -2.36. The zero-order valence-corrected chi connectivity index (χ0v) is 37.5. The zero-order chi connectivity index (χ0) is 43.9. The van der Waals surface area contributed by atoms with Gasteiger partial charge in [-0.25, -0.2) is 9.19 Å². The fraction of sp³-hybridized carbons (Fsp3) is 0.388. The molecule has 1 saturated heterocycles. The summed E-state index contributed by atoms with van der Waals surface area (Å²) >= 11 is 6.28. The molecule has 12 nitrogen and oxygen atoms in total. The van der Waals surface area contributed by atoms with Crippen molar-refractivity contribution in [2.75, 3.05) is 44.7 Å². The number of nitrogens with zero attached hydrogens (tertiary/aromatic N) is 3. The van der Waals surface area contributed by atoms with E-state index >= 15 is 0 Å². The molecule has 4 heterocycles. The number of halogens is 1. The number of carbonyl (C=O) groups is 1. The molecular formula is C49H55ClN6O6S. The van der Waals surface area contributed by atoms with Crippen molar-refractivity contribution in [2.24, 2.45) is 11.3 Å². The Morgan fingerprint density at radius 1 is 1.03 bits per heavy atom. The number of allylic oxidation sites excluding steroid dienone is 1. The maximum absolute atomic E-state index is 13.9. The van der Waals surface area contributed by atoms with Crippen LogP contribution >= 0.6 is 11.6 Å². The lowest BCUT2D eigenvalue weighted by Gasteiger charge is -2.47. The lowest BCUT2D eigenvalue weighted by atomic mass is 9.59. The number of carbonyl (C=O) groups excluding carboxylic acids is 1. The van der Waals surface area contributed by atoms with Gasteiger partial charge in [-0.05, 0) is 134 Å². The second kappa shape index (κ2) is 20.0. The molecule has 330 valence electrons. The van der Waals surface area contributed by atoms with Crippen molar-refractivity contribution >= 4 is 62.0 Å². The van der Waals surface area contributed by atoms with E-state index in [0.29, 0.717) is 48.2 Å². The number of fused-ring (bicyclic) bond motifs is 1. The molecule has 1 unspecified atom stereocenters. The molecule has 9 rings (SSSR count). The number of pyridine rings is 1. The third-order valence-electron chi connectivity index (χ3n) is 12.9. The third-order valence-corrected chi connectivity index (χ3v) is 14.2. The van der Waals surface area contributed by atoms with Gasteiger partial charge in [0, 0.05) is 62.1 Å². The summed E-state index contributed by atoms with van der Waals surface area (Å²) in [5.41, 5.74) is 7.84. The molecule has 0 radical (unpaired) electrons. The molecule has 2 fully saturated rings. The number of nitrogens with one attached hydrogen (secondary N) is 3. The molecule has 2 aliphatic carbocycles. The van der Waals surface area contributed by atoms with E-state index in [4.69, 9.17) is 21.1 Å². The maximum atomic E-state index is 13.9. The van der Waals surface area contributed by atoms with Crippen molar-refractivity contribution in [1.29, 1.82) is 0 Å². The molecule has 4 aliphatic rings. The summed E-state index contributed by atoms with van der Waals surface area (Å²) in [7, 11) is -2.11. The second-order valence-electron chi connectivity index (χ2n) is 16.8. The van der Waals surface area contributed by atoms with Crippen LogP contribution in [0.3, 0.4) is 0 Å². The number of aromatic amines is 1. The molecule has 1 amide bonds.